The molecule has 162 valence electrons. The van der Waals surface area contributed by atoms with Crippen LogP contribution in [0, 0.1) is 5.92 Å². The van der Waals surface area contributed by atoms with E-state index in [1.807, 2.05) is 60.7 Å². The SMILES string of the molecule is CC(C)[C@H](NC(=O)CN[C@@H](c1ccccc1)c1ccco1)c1ccc2c(c1)OCCO2. The third-order valence-corrected chi connectivity index (χ3v) is 5.34. The fraction of sp³-hybridized carbons (Fsp3) is 0.320. The molecule has 6 heteroatoms. The first-order chi connectivity index (χ1) is 15.1. The lowest BCUT2D eigenvalue weighted by Gasteiger charge is -2.26. The van der Waals surface area contributed by atoms with Gasteiger partial charge in [-0.05, 0) is 41.3 Å². The number of fused-ring (bicyclic) bond motifs is 1. The molecule has 2 aromatic carbocycles. The topological polar surface area (TPSA) is 72.7 Å². The molecule has 3 aromatic rings. The summed E-state index contributed by atoms with van der Waals surface area (Å²) in [5.74, 6) is 2.37. The Hall–Kier alpha value is -3.25. The second kappa shape index (κ2) is 9.71. The van der Waals surface area contributed by atoms with Crippen LogP contribution in [0.5, 0.6) is 11.5 Å². The van der Waals surface area contributed by atoms with Gasteiger partial charge in [0, 0.05) is 0 Å². The highest BCUT2D eigenvalue weighted by atomic mass is 16.6. The largest absolute Gasteiger partial charge is 0.486 e. The predicted molar refractivity (Wildman–Crippen MR) is 118 cm³/mol. The van der Waals surface area contributed by atoms with Gasteiger partial charge in [0.15, 0.2) is 11.5 Å². The van der Waals surface area contributed by atoms with Gasteiger partial charge < -0.3 is 19.2 Å². The first-order valence-corrected chi connectivity index (χ1v) is 10.6. The average Bonchev–Trinajstić information content (AvgIpc) is 3.32. The van der Waals surface area contributed by atoms with Gasteiger partial charge in [0.1, 0.15) is 19.0 Å². The second-order valence-corrected chi connectivity index (χ2v) is 7.93. The van der Waals surface area contributed by atoms with Crippen molar-refractivity contribution in [3.8, 4) is 11.5 Å². The Morgan fingerprint density at radius 1 is 0.935 bits per heavy atom. The van der Waals surface area contributed by atoms with E-state index in [1.54, 1.807) is 6.26 Å². The summed E-state index contributed by atoms with van der Waals surface area (Å²) in [7, 11) is 0. The summed E-state index contributed by atoms with van der Waals surface area (Å²) in [6, 6.07) is 19.2. The quantitative estimate of drug-likeness (QED) is 0.570. The van der Waals surface area contributed by atoms with E-state index in [0.29, 0.717) is 13.2 Å². The Morgan fingerprint density at radius 3 is 2.42 bits per heavy atom. The van der Waals surface area contributed by atoms with Crippen molar-refractivity contribution in [2.24, 2.45) is 5.92 Å². The fourth-order valence-electron chi connectivity index (χ4n) is 3.79. The number of carbonyl (C=O) groups excluding carboxylic acids is 1. The van der Waals surface area contributed by atoms with Crippen LogP contribution in [0.1, 0.15) is 42.8 Å². The van der Waals surface area contributed by atoms with Crippen molar-refractivity contribution >= 4 is 5.91 Å². The van der Waals surface area contributed by atoms with Gasteiger partial charge in [-0.15, -0.1) is 0 Å². The van der Waals surface area contributed by atoms with E-state index in [1.165, 1.54) is 0 Å². The summed E-state index contributed by atoms with van der Waals surface area (Å²) in [5, 5.41) is 6.50. The molecule has 2 N–H and O–H groups in total. The van der Waals surface area contributed by atoms with Crippen LogP contribution in [-0.4, -0.2) is 25.7 Å². The molecular formula is C25H28N2O4. The molecule has 0 fully saturated rings. The zero-order valence-corrected chi connectivity index (χ0v) is 17.8. The third kappa shape index (κ3) is 5.09. The van der Waals surface area contributed by atoms with Crippen LogP contribution in [-0.2, 0) is 4.79 Å². The normalized spacial score (nSPS) is 14.8. The van der Waals surface area contributed by atoms with E-state index in [-0.39, 0.29) is 30.5 Å². The van der Waals surface area contributed by atoms with Crippen LogP contribution in [0.4, 0.5) is 0 Å². The van der Waals surface area contributed by atoms with Crippen molar-refractivity contribution in [2.75, 3.05) is 19.8 Å². The number of carbonyl (C=O) groups is 1. The van der Waals surface area contributed by atoms with Crippen molar-refractivity contribution in [3.63, 3.8) is 0 Å². The minimum Gasteiger partial charge on any atom is -0.486 e. The number of ether oxygens (including phenoxy) is 2. The van der Waals surface area contributed by atoms with E-state index in [4.69, 9.17) is 13.9 Å². The number of furan rings is 1. The number of amides is 1. The summed E-state index contributed by atoms with van der Waals surface area (Å²) in [4.78, 5) is 12.9. The molecule has 0 bridgehead atoms. The lowest BCUT2D eigenvalue weighted by Crippen LogP contribution is -2.39. The molecule has 31 heavy (non-hydrogen) atoms. The van der Waals surface area contributed by atoms with Crippen LogP contribution in [0.3, 0.4) is 0 Å². The van der Waals surface area contributed by atoms with Crippen molar-refractivity contribution in [3.05, 3.63) is 83.8 Å². The van der Waals surface area contributed by atoms with E-state index in [2.05, 4.69) is 24.5 Å². The molecule has 0 radical (unpaired) electrons. The molecule has 4 rings (SSSR count). The molecule has 0 unspecified atom stereocenters. The standard InChI is InChI=1S/C25H28N2O4/c1-17(2)24(19-10-11-20-22(15-19)31-14-13-30-20)27-23(28)16-26-25(21-9-6-12-29-21)18-7-4-3-5-8-18/h3-12,15,17,24-26H,13-14,16H2,1-2H3,(H,27,28)/t24-,25-/m0/s1. The number of hydrogen-bond donors (Lipinski definition) is 2. The zero-order chi connectivity index (χ0) is 21.6. The monoisotopic (exact) mass is 420 g/mol. The Bertz CT molecular complexity index is 986. The van der Waals surface area contributed by atoms with Crippen LogP contribution < -0.4 is 20.1 Å². The third-order valence-electron chi connectivity index (χ3n) is 5.34. The van der Waals surface area contributed by atoms with Crippen molar-refractivity contribution in [1.29, 1.82) is 0 Å². The van der Waals surface area contributed by atoms with Gasteiger partial charge in [-0.1, -0.05) is 50.2 Å². The maximum absolute atomic E-state index is 12.9. The fourth-order valence-corrected chi connectivity index (χ4v) is 3.79. The minimum absolute atomic E-state index is 0.0823. The van der Waals surface area contributed by atoms with Crippen molar-refractivity contribution < 1.29 is 18.7 Å². The molecule has 2 atom stereocenters. The molecule has 2 heterocycles. The molecule has 1 aromatic heterocycles. The Balaban J connectivity index is 1.44. The van der Waals surface area contributed by atoms with E-state index in [9.17, 15) is 4.79 Å². The molecular weight excluding hydrogens is 392 g/mol. The van der Waals surface area contributed by atoms with Crippen LogP contribution in [0.25, 0.3) is 0 Å². The van der Waals surface area contributed by atoms with Gasteiger partial charge in [0.2, 0.25) is 5.91 Å². The number of nitrogens with one attached hydrogen (secondary N) is 2. The molecule has 6 nitrogen and oxygen atoms in total. The highest BCUT2D eigenvalue weighted by Gasteiger charge is 2.23. The molecule has 0 aliphatic carbocycles. The minimum atomic E-state index is -0.200. The Morgan fingerprint density at radius 2 is 1.71 bits per heavy atom. The Kier molecular flexibility index (Phi) is 6.57. The van der Waals surface area contributed by atoms with Crippen molar-refractivity contribution in [2.45, 2.75) is 25.9 Å². The number of benzene rings is 2. The zero-order valence-electron chi connectivity index (χ0n) is 17.8. The van der Waals surface area contributed by atoms with E-state index in [0.717, 1.165) is 28.4 Å². The van der Waals surface area contributed by atoms with Gasteiger partial charge in [-0.3, -0.25) is 10.1 Å². The molecule has 1 amide bonds. The molecule has 1 aliphatic heterocycles. The molecule has 0 saturated carbocycles. The maximum Gasteiger partial charge on any atom is 0.234 e. The van der Waals surface area contributed by atoms with Gasteiger partial charge in [0.25, 0.3) is 0 Å². The maximum atomic E-state index is 12.9. The van der Waals surface area contributed by atoms with Crippen LogP contribution in [0.2, 0.25) is 0 Å². The highest BCUT2D eigenvalue weighted by Crippen LogP contribution is 2.34. The predicted octanol–water partition coefficient (Wildman–Crippen LogP) is 4.24. The number of rotatable bonds is 8. The van der Waals surface area contributed by atoms with Gasteiger partial charge >= 0.3 is 0 Å². The van der Waals surface area contributed by atoms with Crippen LogP contribution in [0.15, 0.2) is 71.3 Å². The number of hydrogen-bond acceptors (Lipinski definition) is 5. The molecule has 0 saturated heterocycles. The van der Waals surface area contributed by atoms with Gasteiger partial charge in [-0.25, -0.2) is 0 Å². The summed E-state index contributed by atoms with van der Waals surface area (Å²) in [6.07, 6.45) is 1.64. The summed E-state index contributed by atoms with van der Waals surface area (Å²) >= 11 is 0. The summed E-state index contributed by atoms with van der Waals surface area (Å²) < 4.78 is 16.9. The average molecular weight is 421 g/mol. The highest BCUT2D eigenvalue weighted by molar-refractivity contribution is 5.78. The Labute approximate surface area is 182 Å². The molecule has 1 aliphatic rings. The van der Waals surface area contributed by atoms with Crippen LogP contribution >= 0.6 is 0 Å². The first kappa shape index (κ1) is 21.0. The van der Waals surface area contributed by atoms with Crippen molar-refractivity contribution in [1.82, 2.24) is 10.6 Å². The van der Waals surface area contributed by atoms with E-state index >= 15 is 0 Å². The van der Waals surface area contributed by atoms with Gasteiger partial charge in [0.05, 0.1) is 24.9 Å². The summed E-state index contributed by atoms with van der Waals surface area (Å²) in [5.41, 5.74) is 2.04. The first-order valence-electron chi connectivity index (χ1n) is 10.6. The lowest BCUT2D eigenvalue weighted by molar-refractivity contribution is -0.121. The molecule has 0 spiro atoms. The van der Waals surface area contributed by atoms with Gasteiger partial charge in [-0.2, -0.15) is 0 Å². The smallest absolute Gasteiger partial charge is 0.234 e. The lowest BCUT2D eigenvalue weighted by atomic mass is 9.95. The van der Waals surface area contributed by atoms with E-state index < -0.39 is 0 Å². The summed E-state index contributed by atoms with van der Waals surface area (Å²) in [6.45, 7) is 5.43. The second-order valence-electron chi connectivity index (χ2n) is 7.93.